The summed E-state index contributed by atoms with van der Waals surface area (Å²) < 4.78 is 79.9. The molecule has 0 radical (unpaired) electrons. The molecule has 0 saturated carbocycles. The molecule has 0 aromatic heterocycles. The van der Waals surface area contributed by atoms with Gasteiger partial charge in [0.2, 0.25) is 0 Å². The van der Waals surface area contributed by atoms with Gasteiger partial charge >= 0.3 is 12.5 Å². The molecule has 1 rings (SSSR count). The Morgan fingerprint density at radius 3 is 2.14 bits per heavy atom. The lowest BCUT2D eigenvalue weighted by Crippen LogP contribution is -2.38. The van der Waals surface area contributed by atoms with Gasteiger partial charge in [0.25, 0.3) is 5.92 Å². The van der Waals surface area contributed by atoms with Crippen LogP contribution in [0, 0.1) is 0 Å². The normalized spacial score (nSPS) is 13.8. The highest BCUT2D eigenvalue weighted by molar-refractivity contribution is 5.85. The summed E-state index contributed by atoms with van der Waals surface area (Å²) in [4.78, 5) is 0. The Kier molecular flexibility index (Phi) is 6.78. The second-order valence-electron chi connectivity index (χ2n) is 3.90. The van der Waals surface area contributed by atoms with Crippen LogP contribution in [0.15, 0.2) is 24.3 Å². The van der Waals surface area contributed by atoms with Crippen LogP contribution in [0.3, 0.4) is 0 Å². The highest BCUT2D eigenvalue weighted by atomic mass is 35.5. The van der Waals surface area contributed by atoms with Gasteiger partial charge in [0.15, 0.2) is 0 Å². The number of aliphatic hydroxyl groups is 1. The third kappa shape index (κ3) is 4.65. The molecule has 0 aliphatic heterocycles. The van der Waals surface area contributed by atoms with E-state index in [4.69, 9.17) is 10.8 Å². The number of para-hydroxylation sites is 1. The highest BCUT2D eigenvalue weighted by Crippen LogP contribution is 2.37. The van der Waals surface area contributed by atoms with Crippen molar-refractivity contribution in [3.63, 3.8) is 0 Å². The molecule has 0 aliphatic carbocycles. The molecule has 1 aromatic rings. The zero-order valence-corrected chi connectivity index (χ0v) is 11.1. The SMILES string of the molecule is Cl.N[C@H](c1ccccc1OC(F)(F)C(F)F)C(F)(F)CO. The van der Waals surface area contributed by atoms with Gasteiger partial charge in [-0.3, -0.25) is 0 Å². The Morgan fingerprint density at radius 1 is 1.14 bits per heavy atom. The van der Waals surface area contributed by atoms with Crippen LogP contribution < -0.4 is 10.5 Å². The van der Waals surface area contributed by atoms with E-state index in [1.165, 1.54) is 6.07 Å². The van der Waals surface area contributed by atoms with Gasteiger partial charge in [0.1, 0.15) is 18.4 Å². The van der Waals surface area contributed by atoms with Crippen molar-refractivity contribution in [2.75, 3.05) is 6.61 Å². The third-order valence-electron chi connectivity index (χ3n) is 2.42. The molecule has 3 N–H and O–H groups in total. The molecule has 1 atom stereocenters. The first kappa shape index (κ1) is 19.8. The predicted molar refractivity (Wildman–Crippen MR) is 64.2 cm³/mol. The number of ether oxygens (including phenoxy) is 1. The van der Waals surface area contributed by atoms with Gasteiger partial charge in [-0.05, 0) is 6.07 Å². The summed E-state index contributed by atoms with van der Waals surface area (Å²) in [6, 6.07) is 1.86. The molecule has 0 aliphatic rings. The van der Waals surface area contributed by atoms with Crippen LogP contribution >= 0.6 is 12.4 Å². The molecule has 0 unspecified atom stereocenters. The molecule has 3 nitrogen and oxygen atoms in total. The van der Waals surface area contributed by atoms with Crippen molar-refractivity contribution in [1.29, 1.82) is 0 Å². The van der Waals surface area contributed by atoms with Gasteiger partial charge in [-0.25, -0.2) is 8.78 Å². The second-order valence-corrected chi connectivity index (χ2v) is 3.90. The Hall–Kier alpha value is -1.19. The summed E-state index contributed by atoms with van der Waals surface area (Å²) in [6.07, 6.45) is -8.98. The van der Waals surface area contributed by atoms with Gasteiger partial charge in [-0.1, -0.05) is 18.2 Å². The predicted octanol–water partition coefficient (Wildman–Crippen LogP) is 2.97. The number of hydrogen-bond donors (Lipinski definition) is 2. The van der Waals surface area contributed by atoms with Gasteiger partial charge in [-0.15, -0.1) is 12.4 Å². The molecular formula is C11H12ClF6NO2. The maximum atomic E-state index is 13.2. The van der Waals surface area contributed by atoms with Crippen molar-refractivity contribution in [3.8, 4) is 5.75 Å². The number of halogens is 7. The van der Waals surface area contributed by atoms with Crippen molar-refractivity contribution >= 4 is 12.4 Å². The topological polar surface area (TPSA) is 55.5 Å². The standard InChI is InChI=1S/C11H11F6NO2.ClH/c12-9(13)11(16,17)20-7-4-2-1-3-6(7)8(18)10(14,15)5-19;/h1-4,8-9,19H,5,18H2;1H/t8-;/m1./s1. The van der Waals surface area contributed by atoms with Crippen LogP contribution in [-0.4, -0.2) is 30.2 Å². The van der Waals surface area contributed by atoms with E-state index in [0.29, 0.717) is 0 Å². The average Bonchev–Trinajstić information content (AvgIpc) is 2.38. The summed E-state index contributed by atoms with van der Waals surface area (Å²) in [7, 11) is 0. The van der Waals surface area contributed by atoms with Crippen molar-refractivity contribution < 1.29 is 36.2 Å². The number of alkyl halides is 6. The summed E-state index contributed by atoms with van der Waals surface area (Å²) >= 11 is 0. The lowest BCUT2D eigenvalue weighted by molar-refractivity contribution is -0.253. The lowest BCUT2D eigenvalue weighted by atomic mass is 10.0. The van der Waals surface area contributed by atoms with Crippen LogP contribution in [0.1, 0.15) is 11.6 Å². The molecule has 10 heteroatoms. The molecule has 0 fully saturated rings. The molecule has 0 amide bonds. The van der Waals surface area contributed by atoms with Crippen LogP contribution in [0.5, 0.6) is 5.75 Å². The van der Waals surface area contributed by atoms with Gasteiger partial charge in [0, 0.05) is 5.56 Å². The average molecular weight is 340 g/mol. The zero-order valence-electron chi connectivity index (χ0n) is 10.3. The molecule has 0 spiro atoms. The maximum absolute atomic E-state index is 13.2. The number of benzene rings is 1. The van der Waals surface area contributed by atoms with Crippen molar-refractivity contribution in [2.24, 2.45) is 5.73 Å². The molecule has 21 heavy (non-hydrogen) atoms. The Bertz CT molecular complexity index is 460. The smallest absolute Gasteiger partial charge is 0.428 e. The summed E-state index contributed by atoms with van der Waals surface area (Å²) in [5, 5.41) is 8.50. The van der Waals surface area contributed by atoms with Crippen LogP contribution in [0.25, 0.3) is 0 Å². The van der Waals surface area contributed by atoms with E-state index in [1.807, 2.05) is 0 Å². The van der Waals surface area contributed by atoms with E-state index < -0.39 is 42.4 Å². The fourth-order valence-electron chi connectivity index (χ4n) is 1.35. The van der Waals surface area contributed by atoms with Crippen LogP contribution in [-0.2, 0) is 0 Å². The minimum absolute atomic E-state index is 0. The lowest BCUT2D eigenvalue weighted by Gasteiger charge is -2.25. The van der Waals surface area contributed by atoms with E-state index >= 15 is 0 Å². The van der Waals surface area contributed by atoms with Crippen molar-refractivity contribution in [1.82, 2.24) is 0 Å². The molecular weight excluding hydrogens is 328 g/mol. The van der Waals surface area contributed by atoms with E-state index in [9.17, 15) is 26.3 Å². The van der Waals surface area contributed by atoms with E-state index in [-0.39, 0.29) is 12.4 Å². The fourth-order valence-corrected chi connectivity index (χ4v) is 1.35. The number of rotatable bonds is 6. The van der Waals surface area contributed by atoms with Crippen molar-refractivity contribution in [3.05, 3.63) is 29.8 Å². The highest BCUT2D eigenvalue weighted by Gasteiger charge is 2.46. The number of aliphatic hydroxyl groups excluding tert-OH is 1. The Balaban J connectivity index is 0.00000400. The fraction of sp³-hybridized carbons (Fsp3) is 0.455. The van der Waals surface area contributed by atoms with Gasteiger partial charge in [-0.2, -0.15) is 17.6 Å². The molecule has 122 valence electrons. The Labute approximate surface area is 122 Å². The van der Waals surface area contributed by atoms with E-state index in [1.54, 1.807) is 0 Å². The minimum Gasteiger partial charge on any atom is -0.428 e. The van der Waals surface area contributed by atoms with Gasteiger partial charge < -0.3 is 15.6 Å². The summed E-state index contributed by atoms with van der Waals surface area (Å²) in [5.41, 5.74) is 4.54. The first-order valence-electron chi connectivity index (χ1n) is 5.30. The molecule has 0 bridgehead atoms. The van der Waals surface area contributed by atoms with Crippen LogP contribution in [0.2, 0.25) is 0 Å². The van der Waals surface area contributed by atoms with Crippen molar-refractivity contribution in [2.45, 2.75) is 24.5 Å². The Morgan fingerprint density at radius 2 is 1.67 bits per heavy atom. The summed E-state index contributed by atoms with van der Waals surface area (Å²) in [6.45, 7) is -1.63. The molecule has 0 saturated heterocycles. The monoisotopic (exact) mass is 339 g/mol. The van der Waals surface area contributed by atoms with Gasteiger partial charge in [0.05, 0.1) is 0 Å². The summed E-state index contributed by atoms with van der Waals surface area (Å²) in [5.74, 6) is -4.72. The van der Waals surface area contributed by atoms with Crippen LogP contribution in [0.4, 0.5) is 26.3 Å². The minimum atomic E-state index is -4.84. The number of hydrogen-bond acceptors (Lipinski definition) is 3. The quantitative estimate of drug-likeness (QED) is 0.783. The van der Waals surface area contributed by atoms with E-state index in [0.717, 1.165) is 18.2 Å². The second kappa shape index (κ2) is 7.19. The third-order valence-corrected chi connectivity index (χ3v) is 2.42. The molecule has 1 aromatic carbocycles. The maximum Gasteiger partial charge on any atom is 0.461 e. The largest absolute Gasteiger partial charge is 0.461 e. The first-order valence-corrected chi connectivity index (χ1v) is 5.30. The number of nitrogens with two attached hydrogens (primary N) is 1. The first-order chi connectivity index (χ1) is 9.12. The zero-order chi connectivity index (χ0) is 15.6. The molecule has 0 heterocycles. The van der Waals surface area contributed by atoms with E-state index in [2.05, 4.69) is 4.74 Å².